The van der Waals surface area contributed by atoms with Crippen molar-refractivity contribution in [3.05, 3.63) is 0 Å². The first kappa shape index (κ1) is 8.90. The van der Waals surface area contributed by atoms with Gasteiger partial charge in [0.2, 0.25) is 6.29 Å². The summed E-state index contributed by atoms with van der Waals surface area (Å²) >= 11 is 0. The van der Waals surface area contributed by atoms with Gasteiger partial charge in [-0.1, -0.05) is 0 Å². The quantitative estimate of drug-likeness (QED) is 0.424. The van der Waals surface area contributed by atoms with Crippen LogP contribution in [0.1, 0.15) is 6.92 Å². The Balaban J connectivity index is 3.29. The number of hydrogen-bond donors (Lipinski definition) is 1. The zero-order chi connectivity index (χ0) is 7.98. The van der Waals surface area contributed by atoms with Crippen LogP contribution in [0.25, 0.3) is 0 Å². The summed E-state index contributed by atoms with van der Waals surface area (Å²) in [6, 6.07) is 0. The van der Waals surface area contributed by atoms with Gasteiger partial charge in [0.25, 0.3) is 6.47 Å². The molecule has 0 saturated heterocycles. The largest absolute Gasteiger partial charge is 0.480 e. The van der Waals surface area contributed by atoms with Gasteiger partial charge in [-0.15, -0.1) is 0 Å². The Labute approximate surface area is 57.5 Å². The van der Waals surface area contributed by atoms with Gasteiger partial charge in [-0.25, -0.2) is 4.79 Å². The Bertz CT molecular complexity index is 121. The highest BCUT2D eigenvalue weighted by Gasteiger charge is 2.03. The molecule has 58 valence electrons. The minimum atomic E-state index is -1.10. The third-order valence-electron chi connectivity index (χ3n) is 0.689. The van der Waals surface area contributed by atoms with Crippen LogP contribution in [0, 0.1) is 0 Å². The monoisotopic (exact) mass is 148 g/mol. The van der Waals surface area contributed by atoms with Gasteiger partial charge < -0.3 is 14.6 Å². The van der Waals surface area contributed by atoms with Crippen molar-refractivity contribution in [3.8, 4) is 0 Å². The lowest BCUT2D eigenvalue weighted by molar-refractivity contribution is -0.169. The first-order chi connectivity index (χ1) is 4.66. The third-order valence-corrected chi connectivity index (χ3v) is 0.689. The Kier molecular flexibility index (Phi) is 4.23. The fourth-order valence-corrected chi connectivity index (χ4v) is 0.306. The van der Waals surface area contributed by atoms with E-state index in [2.05, 4.69) is 9.47 Å². The number of aliphatic carboxylic acids is 1. The first-order valence-corrected chi connectivity index (χ1v) is 2.59. The van der Waals surface area contributed by atoms with Crippen molar-refractivity contribution >= 4 is 12.4 Å². The lowest BCUT2D eigenvalue weighted by atomic mass is 10.7. The van der Waals surface area contributed by atoms with E-state index in [1.165, 1.54) is 6.92 Å². The number of carbonyl (C=O) groups excluding carboxylic acids is 1. The summed E-state index contributed by atoms with van der Waals surface area (Å²) in [7, 11) is 0. The van der Waals surface area contributed by atoms with Crippen LogP contribution >= 0.6 is 0 Å². The van der Waals surface area contributed by atoms with E-state index >= 15 is 0 Å². The molecule has 0 aromatic carbocycles. The average Bonchev–Trinajstić information content (AvgIpc) is 1.85. The number of carboxylic acids is 1. The fraction of sp³-hybridized carbons (Fsp3) is 0.600. The molecule has 0 aromatic rings. The maximum absolute atomic E-state index is 9.84. The lowest BCUT2D eigenvalue weighted by Crippen LogP contribution is -2.17. The van der Waals surface area contributed by atoms with Gasteiger partial charge >= 0.3 is 5.97 Å². The second-order valence-corrected chi connectivity index (χ2v) is 1.50. The minimum Gasteiger partial charge on any atom is -0.480 e. The summed E-state index contributed by atoms with van der Waals surface area (Å²) in [4.78, 5) is 19.4. The molecular weight excluding hydrogens is 140 g/mol. The van der Waals surface area contributed by atoms with Crippen LogP contribution < -0.4 is 0 Å². The van der Waals surface area contributed by atoms with Crippen molar-refractivity contribution in [1.82, 2.24) is 0 Å². The summed E-state index contributed by atoms with van der Waals surface area (Å²) in [5.41, 5.74) is 0. The Morgan fingerprint density at radius 1 is 1.80 bits per heavy atom. The Morgan fingerprint density at radius 3 is 2.80 bits per heavy atom. The maximum Gasteiger partial charge on any atom is 0.329 e. The molecule has 0 amide bonds. The van der Waals surface area contributed by atoms with Gasteiger partial charge in [-0.3, -0.25) is 4.79 Å². The number of carboxylic acid groups (broad SMARTS) is 1. The number of carbonyl (C=O) groups is 2. The zero-order valence-corrected chi connectivity index (χ0v) is 5.44. The molecular formula is C5H8O5. The molecule has 0 saturated carbocycles. The third kappa shape index (κ3) is 5.04. The smallest absolute Gasteiger partial charge is 0.329 e. The van der Waals surface area contributed by atoms with E-state index in [-0.39, 0.29) is 6.47 Å². The van der Waals surface area contributed by atoms with Gasteiger partial charge in [0.1, 0.15) is 6.61 Å². The van der Waals surface area contributed by atoms with E-state index in [1.807, 2.05) is 0 Å². The summed E-state index contributed by atoms with van der Waals surface area (Å²) in [5, 5.41) is 8.06. The van der Waals surface area contributed by atoms with E-state index in [1.54, 1.807) is 0 Å². The van der Waals surface area contributed by atoms with Crippen molar-refractivity contribution in [1.29, 1.82) is 0 Å². The predicted molar refractivity (Wildman–Crippen MR) is 30.2 cm³/mol. The molecule has 5 heteroatoms. The van der Waals surface area contributed by atoms with Gasteiger partial charge in [-0.05, 0) is 6.92 Å². The molecule has 1 unspecified atom stereocenters. The summed E-state index contributed by atoms with van der Waals surface area (Å²) in [6.07, 6.45) is -0.798. The molecule has 1 N–H and O–H groups in total. The van der Waals surface area contributed by atoms with Crippen LogP contribution in [0.2, 0.25) is 0 Å². The molecule has 0 aliphatic carbocycles. The van der Waals surface area contributed by atoms with E-state index in [9.17, 15) is 9.59 Å². The molecule has 0 aliphatic rings. The van der Waals surface area contributed by atoms with Crippen molar-refractivity contribution < 1.29 is 24.2 Å². The molecule has 0 rings (SSSR count). The number of rotatable bonds is 5. The number of ether oxygens (including phenoxy) is 2. The van der Waals surface area contributed by atoms with Gasteiger partial charge in [0.15, 0.2) is 0 Å². The topological polar surface area (TPSA) is 72.8 Å². The van der Waals surface area contributed by atoms with Crippen LogP contribution in [-0.2, 0) is 19.1 Å². The van der Waals surface area contributed by atoms with Crippen LogP contribution in [0.5, 0.6) is 0 Å². The highest BCUT2D eigenvalue weighted by molar-refractivity contribution is 5.68. The van der Waals surface area contributed by atoms with Gasteiger partial charge in [-0.2, -0.15) is 0 Å². The SMILES string of the molecule is CC(OC=O)OCC(=O)O. The van der Waals surface area contributed by atoms with E-state index in [0.717, 1.165) is 0 Å². The molecule has 0 spiro atoms. The van der Waals surface area contributed by atoms with Crippen molar-refractivity contribution in [2.45, 2.75) is 13.2 Å². The van der Waals surface area contributed by atoms with Gasteiger partial charge in [0, 0.05) is 0 Å². The minimum absolute atomic E-state index is 0.201. The lowest BCUT2D eigenvalue weighted by Gasteiger charge is -2.07. The normalized spacial score (nSPS) is 12.1. The standard InChI is InChI=1S/C5H8O5/c1-4(10-3-6)9-2-5(7)8/h3-4H,2H2,1H3,(H,7,8). The van der Waals surface area contributed by atoms with Crippen LogP contribution in [-0.4, -0.2) is 30.4 Å². The second kappa shape index (κ2) is 4.75. The van der Waals surface area contributed by atoms with Crippen LogP contribution in [0.4, 0.5) is 0 Å². The Morgan fingerprint density at radius 2 is 2.40 bits per heavy atom. The van der Waals surface area contributed by atoms with Crippen LogP contribution in [0.3, 0.4) is 0 Å². The summed E-state index contributed by atoms with van der Waals surface area (Å²) in [6.45, 7) is 1.17. The second-order valence-electron chi connectivity index (χ2n) is 1.50. The van der Waals surface area contributed by atoms with Crippen LogP contribution in [0.15, 0.2) is 0 Å². The molecule has 0 aromatic heterocycles. The molecule has 0 heterocycles. The van der Waals surface area contributed by atoms with E-state index in [0.29, 0.717) is 0 Å². The van der Waals surface area contributed by atoms with E-state index in [4.69, 9.17) is 5.11 Å². The summed E-state index contributed by atoms with van der Waals surface area (Å²) in [5.74, 6) is -1.10. The first-order valence-electron chi connectivity index (χ1n) is 2.59. The van der Waals surface area contributed by atoms with Gasteiger partial charge in [0.05, 0.1) is 0 Å². The molecule has 0 fully saturated rings. The predicted octanol–water partition coefficient (Wildman–Crippen LogP) is -0.393. The number of hydrogen-bond acceptors (Lipinski definition) is 4. The molecule has 0 aliphatic heterocycles. The highest BCUT2D eigenvalue weighted by Crippen LogP contribution is 1.89. The molecule has 1 atom stereocenters. The zero-order valence-electron chi connectivity index (χ0n) is 5.44. The Hall–Kier alpha value is -1.10. The molecule has 10 heavy (non-hydrogen) atoms. The maximum atomic E-state index is 9.84. The van der Waals surface area contributed by atoms with Crippen molar-refractivity contribution in [2.75, 3.05) is 6.61 Å². The van der Waals surface area contributed by atoms with E-state index < -0.39 is 18.9 Å². The van der Waals surface area contributed by atoms with Crippen molar-refractivity contribution in [2.24, 2.45) is 0 Å². The van der Waals surface area contributed by atoms with Crippen molar-refractivity contribution in [3.63, 3.8) is 0 Å². The molecule has 5 nitrogen and oxygen atoms in total. The fourth-order valence-electron chi connectivity index (χ4n) is 0.306. The molecule has 0 bridgehead atoms. The highest BCUT2D eigenvalue weighted by atomic mass is 16.7. The average molecular weight is 148 g/mol. The summed E-state index contributed by atoms with van der Waals surface area (Å²) < 4.78 is 8.72. The molecule has 0 radical (unpaired) electrons.